The van der Waals surface area contributed by atoms with Crippen LogP contribution in [0, 0.1) is 11.7 Å². The number of hydrogen-bond donors (Lipinski definition) is 0. The lowest BCUT2D eigenvalue weighted by atomic mass is 10.0. The van der Waals surface area contributed by atoms with E-state index in [0.29, 0.717) is 16.8 Å². The zero-order valence-electron chi connectivity index (χ0n) is 9.80. The van der Waals surface area contributed by atoms with Gasteiger partial charge in [-0.25, -0.2) is 4.39 Å². The van der Waals surface area contributed by atoms with Gasteiger partial charge in [0, 0.05) is 0 Å². The largest absolute Gasteiger partial charge is 0.490 e. The highest BCUT2D eigenvalue weighted by Gasteiger charge is 2.06. The highest BCUT2D eigenvalue weighted by molar-refractivity contribution is 9.10. The van der Waals surface area contributed by atoms with Crippen molar-refractivity contribution in [1.82, 2.24) is 0 Å². The Labute approximate surface area is 105 Å². The second-order valence-corrected chi connectivity index (χ2v) is 4.91. The molecule has 1 aromatic carbocycles. The van der Waals surface area contributed by atoms with Gasteiger partial charge in [0.25, 0.3) is 0 Å². The topological polar surface area (TPSA) is 9.23 Å². The van der Waals surface area contributed by atoms with E-state index in [-0.39, 0.29) is 5.82 Å². The van der Waals surface area contributed by atoms with Crippen LogP contribution in [0.1, 0.15) is 33.1 Å². The molecular formula is C13H18BrFO. The summed E-state index contributed by atoms with van der Waals surface area (Å²) in [6, 6.07) is 5.10. The van der Waals surface area contributed by atoms with Crippen molar-refractivity contribution < 1.29 is 9.13 Å². The van der Waals surface area contributed by atoms with Crippen molar-refractivity contribution in [3.63, 3.8) is 0 Å². The van der Waals surface area contributed by atoms with Crippen molar-refractivity contribution in [2.45, 2.75) is 33.1 Å². The third-order valence-electron chi connectivity index (χ3n) is 2.71. The van der Waals surface area contributed by atoms with E-state index < -0.39 is 0 Å². The monoisotopic (exact) mass is 288 g/mol. The van der Waals surface area contributed by atoms with Crippen LogP contribution in [0.2, 0.25) is 0 Å². The Morgan fingerprint density at radius 3 is 2.88 bits per heavy atom. The predicted octanol–water partition coefficient (Wildman–Crippen LogP) is 4.79. The minimum atomic E-state index is -0.314. The number of benzene rings is 1. The zero-order chi connectivity index (χ0) is 12.0. The predicted molar refractivity (Wildman–Crippen MR) is 68.3 cm³/mol. The summed E-state index contributed by atoms with van der Waals surface area (Å²) < 4.78 is 19.3. The van der Waals surface area contributed by atoms with Crippen LogP contribution in [0.5, 0.6) is 5.75 Å². The summed E-state index contributed by atoms with van der Waals surface area (Å²) in [6.07, 6.45) is 3.29. The van der Waals surface area contributed by atoms with Gasteiger partial charge < -0.3 is 4.74 Å². The summed E-state index contributed by atoms with van der Waals surface area (Å²) in [5.74, 6) is 0.737. The third kappa shape index (κ3) is 4.12. The first-order valence-corrected chi connectivity index (χ1v) is 6.51. The molecule has 1 atom stereocenters. The molecule has 0 unspecified atom stereocenters. The van der Waals surface area contributed by atoms with Crippen molar-refractivity contribution in [2.24, 2.45) is 5.92 Å². The first kappa shape index (κ1) is 13.5. The normalized spacial score (nSPS) is 12.5. The molecule has 90 valence electrons. The molecule has 0 saturated heterocycles. The van der Waals surface area contributed by atoms with Crippen molar-refractivity contribution >= 4 is 15.9 Å². The lowest BCUT2D eigenvalue weighted by molar-refractivity contribution is 0.280. The van der Waals surface area contributed by atoms with Crippen molar-refractivity contribution in [1.29, 1.82) is 0 Å². The molecule has 1 rings (SSSR count). The Morgan fingerprint density at radius 2 is 2.19 bits per heavy atom. The molecule has 0 aliphatic heterocycles. The van der Waals surface area contributed by atoms with E-state index in [1.807, 2.05) is 0 Å². The number of halogens is 2. The Morgan fingerprint density at radius 1 is 1.44 bits per heavy atom. The van der Waals surface area contributed by atoms with Gasteiger partial charge in [-0.2, -0.15) is 0 Å². The lowest BCUT2D eigenvalue weighted by Gasteiger charge is -2.10. The molecule has 16 heavy (non-hydrogen) atoms. The summed E-state index contributed by atoms with van der Waals surface area (Å²) in [7, 11) is 0. The van der Waals surface area contributed by atoms with Crippen molar-refractivity contribution in [2.75, 3.05) is 6.61 Å². The Balaban J connectivity index is 2.35. The fourth-order valence-electron chi connectivity index (χ4n) is 1.41. The van der Waals surface area contributed by atoms with E-state index >= 15 is 0 Å². The summed E-state index contributed by atoms with van der Waals surface area (Å²) in [5, 5.41) is 0. The molecule has 1 nitrogen and oxygen atoms in total. The Bertz CT molecular complexity index is 328. The molecule has 0 bridgehead atoms. The van der Waals surface area contributed by atoms with Gasteiger partial charge in [0.15, 0.2) is 11.6 Å². The number of rotatable bonds is 6. The second kappa shape index (κ2) is 6.89. The molecule has 0 N–H and O–H groups in total. The van der Waals surface area contributed by atoms with E-state index in [9.17, 15) is 4.39 Å². The van der Waals surface area contributed by atoms with Crippen LogP contribution >= 0.6 is 15.9 Å². The Hall–Kier alpha value is -0.570. The molecular weight excluding hydrogens is 271 g/mol. The maximum absolute atomic E-state index is 13.5. The minimum Gasteiger partial charge on any atom is -0.490 e. The number of ether oxygens (including phenoxy) is 1. The maximum atomic E-state index is 13.5. The second-order valence-electron chi connectivity index (χ2n) is 4.06. The van der Waals surface area contributed by atoms with Gasteiger partial charge in [0.1, 0.15) is 0 Å². The standard InChI is InChI=1S/C13H18BrFO/c1-3-10(2)6-5-9-16-12-8-4-7-11(14)13(12)15/h4,7-8,10H,3,5-6,9H2,1-2H3/t10-/m0/s1. The molecule has 1 aromatic rings. The minimum absolute atomic E-state index is 0.314. The van der Waals surface area contributed by atoms with Crippen LogP contribution in [0.15, 0.2) is 22.7 Å². The molecule has 0 saturated carbocycles. The summed E-state index contributed by atoms with van der Waals surface area (Å²) in [4.78, 5) is 0. The lowest BCUT2D eigenvalue weighted by Crippen LogP contribution is -2.02. The van der Waals surface area contributed by atoms with E-state index in [1.165, 1.54) is 6.42 Å². The summed E-state index contributed by atoms with van der Waals surface area (Å²) >= 11 is 3.13. The molecule has 0 aromatic heterocycles. The first-order chi connectivity index (χ1) is 7.65. The van der Waals surface area contributed by atoms with Gasteiger partial charge in [-0.15, -0.1) is 0 Å². The van der Waals surface area contributed by atoms with Crippen LogP contribution < -0.4 is 4.74 Å². The molecule has 0 spiro atoms. The van der Waals surface area contributed by atoms with Gasteiger partial charge in [0.2, 0.25) is 0 Å². The quantitative estimate of drug-likeness (QED) is 0.684. The smallest absolute Gasteiger partial charge is 0.179 e. The van der Waals surface area contributed by atoms with Crippen LogP contribution in [0.25, 0.3) is 0 Å². The summed E-state index contributed by atoms with van der Waals surface area (Å²) in [6.45, 7) is 4.98. The van der Waals surface area contributed by atoms with Crippen molar-refractivity contribution in [3.8, 4) is 5.75 Å². The van der Waals surface area contributed by atoms with E-state index in [0.717, 1.165) is 18.8 Å². The van der Waals surface area contributed by atoms with Gasteiger partial charge in [-0.1, -0.05) is 26.3 Å². The summed E-state index contributed by atoms with van der Waals surface area (Å²) in [5.41, 5.74) is 0. The van der Waals surface area contributed by atoms with Crippen LogP contribution in [-0.4, -0.2) is 6.61 Å². The molecule has 0 aliphatic carbocycles. The van der Waals surface area contributed by atoms with Gasteiger partial charge >= 0.3 is 0 Å². The maximum Gasteiger partial charge on any atom is 0.179 e. The highest BCUT2D eigenvalue weighted by atomic mass is 79.9. The molecule has 0 heterocycles. The molecule has 0 radical (unpaired) electrons. The van der Waals surface area contributed by atoms with E-state index in [1.54, 1.807) is 18.2 Å². The zero-order valence-corrected chi connectivity index (χ0v) is 11.4. The van der Waals surface area contributed by atoms with Gasteiger partial charge in [0.05, 0.1) is 11.1 Å². The molecule has 3 heteroatoms. The third-order valence-corrected chi connectivity index (χ3v) is 3.32. The molecule has 0 aliphatic rings. The van der Waals surface area contributed by atoms with Crippen LogP contribution in [0.4, 0.5) is 4.39 Å². The van der Waals surface area contributed by atoms with Gasteiger partial charge in [-0.05, 0) is 46.8 Å². The molecule has 0 fully saturated rings. The SMILES string of the molecule is CC[C@H](C)CCCOc1cccc(Br)c1F. The number of hydrogen-bond acceptors (Lipinski definition) is 1. The highest BCUT2D eigenvalue weighted by Crippen LogP contribution is 2.24. The van der Waals surface area contributed by atoms with Crippen LogP contribution in [0.3, 0.4) is 0 Å². The van der Waals surface area contributed by atoms with Crippen molar-refractivity contribution in [3.05, 3.63) is 28.5 Å². The fourth-order valence-corrected chi connectivity index (χ4v) is 1.76. The van der Waals surface area contributed by atoms with Crippen LogP contribution in [-0.2, 0) is 0 Å². The van der Waals surface area contributed by atoms with E-state index in [4.69, 9.17) is 4.74 Å². The Kier molecular flexibility index (Phi) is 5.81. The average Bonchev–Trinajstić information content (AvgIpc) is 2.29. The first-order valence-electron chi connectivity index (χ1n) is 5.72. The van der Waals surface area contributed by atoms with E-state index in [2.05, 4.69) is 29.8 Å². The average molecular weight is 289 g/mol. The fraction of sp³-hybridized carbons (Fsp3) is 0.538. The van der Waals surface area contributed by atoms with Gasteiger partial charge in [-0.3, -0.25) is 0 Å². The molecule has 0 amide bonds.